The summed E-state index contributed by atoms with van der Waals surface area (Å²) in [4.78, 5) is 22.9. The third-order valence-electron chi connectivity index (χ3n) is 3.56. The van der Waals surface area contributed by atoms with E-state index >= 15 is 0 Å². The Morgan fingerprint density at radius 3 is 2.58 bits per heavy atom. The van der Waals surface area contributed by atoms with Crippen LogP contribution in [0.4, 0.5) is 4.39 Å². The van der Waals surface area contributed by atoms with Gasteiger partial charge in [0.05, 0.1) is 12.0 Å². The Kier molecular flexibility index (Phi) is 5.17. The first-order valence-electron chi connectivity index (χ1n) is 7.86. The summed E-state index contributed by atoms with van der Waals surface area (Å²) in [7, 11) is 0. The van der Waals surface area contributed by atoms with E-state index in [1.165, 1.54) is 30.5 Å². The molecule has 3 aromatic rings. The van der Waals surface area contributed by atoms with Gasteiger partial charge in [-0.15, -0.1) is 0 Å². The summed E-state index contributed by atoms with van der Waals surface area (Å²) in [6.07, 6.45) is 1.58. The number of hydrogen-bond donors (Lipinski definition) is 1. The second kappa shape index (κ2) is 7.69. The quantitative estimate of drug-likeness (QED) is 0.643. The lowest BCUT2D eigenvalue weighted by Gasteiger charge is -2.08. The second-order valence-electron chi connectivity index (χ2n) is 5.49. The van der Waals surface area contributed by atoms with Crippen molar-refractivity contribution >= 4 is 16.9 Å². The molecule has 0 aliphatic heterocycles. The largest absolute Gasteiger partial charge is 0.493 e. The number of hydrogen-bond acceptors (Lipinski definition) is 5. The van der Waals surface area contributed by atoms with E-state index in [0.29, 0.717) is 28.9 Å². The predicted octanol–water partition coefficient (Wildman–Crippen LogP) is 3.97. The molecule has 0 spiro atoms. The third kappa shape index (κ3) is 4.18. The highest BCUT2D eigenvalue weighted by Crippen LogP contribution is 2.24. The molecule has 0 amide bonds. The lowest BCUT2D eigenvalue weighted by molar-refractivity contribution is -0.137. The molecule has 0 aliphatic rings. The average Bonchev–Trinajstić information content (AvgIpc) is 2.63. The maximum Gasteiger partial charge on any atom is 0.303 e. The number of fused-ring (bicyclic) bond motifs is 1. The van der Waals surface area contributed by atoms with Gasteiger partial charge < -0.3 is 19.0 Å². The Bertz CT molecular complexity index is 977. The molecule has 0 unspecified atom stereocenters. The van der Waals surface area contributed by atoms with Crippen molar-refractivity contribution in [2.75, 3.05) is 6.61 Å². The summed E-state index contributed by atoms with van der Waals surface area (Å²) in [5, 5.41) is 8.90. The molecular weight excluding hydrogens is 343 g/mol. The zero-order chi connectivity index (χ0) is 18.5. The summed E-state index contributed by atoms with van der Waals surface area (Å²) >= 11 is 0. The molecule has 0 bridgehead atoms. The van der Waals surface area contributed by atoms with E-state index in [9.17, 15) is 14.0 Å². The molecule has 1 N–H and O–H groups in total. The molecular formula is C19H15FO6. The van der Waals surface area contributed by atoms with Gasteiger partial charge in [-0.25, -0.2) is 4.39 Å². The van der Waals surface area contributed by atoms with Gasteiger partial charge in [-0.05, 0) is 42.8 Å². The monoisotopic (exact) mass is 358 g/mol. The van der Waals surface area contributed by atoms with Gasteiger partial charge in [0, 0.05) is 12.5 Å². The van der Waals surface area contributed by atoms with Gasteiger partial charge in [-0.2, -0.15) is 0 Å². The first-order chi connectivity index (χ1) is 12.5. The molecule has 134 valence electrons. The molecule has 0 saturated carbocycles. The third-order valence-corrected chi connectivity index (χ3v) is 3.56. The van der Waals surface area contributed by atoms with Gasteiger partial charge in [-0.1, -0.05) is 0 Å². The number of halogens is 1. The van der Waals surface area contributed by atoms with E-state index in [4.69, 9.17) is 19.0 Å². The van der Waals surface area contributed by atoms with Crippen LogP contribution in [0.1, 0.15) is 12.8 Å². The first-order valence-corrected chi connectivity index (χ1v) is 7.86. The highest BCUT2D eigenvalue weighted by Gasteiger charge is 2.10. The van der Waals surface area contributed by atoms with Crippen LogP contribution in [0.2, 0.25) is 0 Å². The molecule has 0 aliphatic carbocycles. The van der Waals surface area contributed by atoms with Crippen molar-refractivity contribution in [1.82, 2.24) is 0 Å². The highest BCUT2D eigenvalue weighted by atomic mass is 19.1. The molecule has 0 saturated heterocycles. The number of rotatable bonds is 7. The van der Waals surface area contributed by atoms with Gasteiger partial charge in [0.2, 0.25) is 11.2 Å². The fourth-order valence-electron chi connectivity index (χ4n) is 2.29. The Hall–Kier alpha value is -3.35. The summed E-state index contributed by atoms with van der Waals surface area (Å²) in [5.74, 6) is -0.514. The number of ether oxygens (including phenoxy) is 2. The van der Waals surface area contributed by atoms with Crippen molar-refractivity contribution in [2.45, 2.75) is 12.8 Å². The van der Waals surface area contributed by atoms with Crippen LogP contribution in [-0.2, 0) is 4.79 Å². The van der Waals surface area contributed by atoms with E-state index in [2.05, 4.69) is 0 Å². The van der Waals surface area contributed by atoms with Crippen molar-refractivity contribution in [1.29, 1.82) is 0 Å². The maximum absolute atomic E-state index is 12.9. The number of aliphatic carboxylic acids is 1. The second-order valence-corrected chi connectivity index (χ2v) is 5.49. The smallest absolute Gasteiger partial charge is 0.303 e. The van der Waals surface area contributed by atoms with E-state index in [1.54, 1.807) is 18.2 Å². The van der Waals surface area contributed by atoms with Gasteiger partial charge in [0.15, 0.2) is 0 Å². The fraction of sp³-hybridized carbons (Fsp3) is 0.158. The van der Waals surface area contributed by atoms with Crippen LogP contribution >= 0.6 is 0 Å². The van der Waals surface area contributed by atoms with Crippen molar-refractivity contribution in [3.63, 3.8) is 0 Å². The summed E-state index contributed by atoms with van der Waals surface area (Å²) in [6.45, 7) is 0.244. The molecule has 7 heteroatoms. The lowest BCUT2D eigenvalue weighted by Crippen LogP contribution is -2.05. The summed E-state index contributed by atoms with van der Waals surface area (Å²) < 4.78 is 29.3. The highest BCUT2D eigenvalue weighted by molar-refractivity contribution is 5.79. The zero-order valence-corrected chi connectivity index (χ0v) is 13.6. The average molecular weight is 358 g/mol. The van der Waals surface area contributed by atoms with Gasteiger partial charge >= 0.3 is 5.97 Å². The van der Waals surface area contributed by atoms with E-state index in [-0.39, 0.29) is 24.2 Å². The van der Waals surface area contributed by atoms with Gasteiger partial charge in [0.25, 0.3) is 0 Å². The minimum absolute atomic E-state index is 0.0146. The van der Waals surface area contributed by atoms with Crippen LogP contribution in [0.15, 0.2) is 57.9 Å². The van der Waals surface area contributed by atoms with Gasteiger partial charge in [-0.3, -0.25) is 9.59 Å². The molecule has 1 heterocycles. The van der Waals surface area contributed by atoms with E-state index in [1.807, 2.05) is 0 Å². The lowest BCUT2D eigenvalue weighted by atomic mass is 10.2. The van der Waals surface area contributed by atoms with Crippen molar-refractivity contribution in [2.24, 2.45) is 0 Å². The van der Waals surface area contributed by atoms with Crippen molar-refractivity contribution < 1.29 is 28.2 Å². The molecule has 0 radical (unpaired) electrons. The summed E-state index contributed by atoms with van der Waals surface area (Å²) in [6, 6.07) is 9.98. The van der Waals surface area contributed by atoms with E-state index in [0.717, 1.165) is 0 Å². The molecule has 2 aromatic carbocycles. The number of carbonyl (C=O) groups is 1. The Labute approximate surface area is 147 Å². The molecule has 1 aromatic heterocycles. The van der Waals surface area contributed by atoms with Crippen molar-refractivity contribution in [3.05, 3.63) is 64.8 Å². The molecule has 3 rings (SSSR count). The normalized spacial score (nSPS) is 10.7. The maximum atomic E-state index is 12.9. The van der Waals surface area contributed by atoms with Crippen molar-refractivity contribution in [3.8, 4) is 17.2 Å². The minimum Gasteiger partial charge on any atom is -0.493 e. The molecule has 26 heavy (non-hydrogen) atoms. The SMILES string of the molecule is O=C(O)CCCOc1ccc2c(=O)c(Oc3ccc(F)cc3)coc2c1. The fourth-order valence-corrected chi connectivity index (χ4v) is 2.29. The van der Waals surface area contributed by atoms with Crippen LogP contribution in [0.5, 0.6) is 17.2 Å². The number of carboxylic acids is 1. The Morgan fingerprint density at radius 2 is 1.85 bits per heavy atom. The van der Waals surface area contributed by atoms with Crippen LogP contribution < -0.4 is 14.9 Å². The first kappa shape index (κ1) is 17.5. The topological polar surface area (TPSA) is 86.0 Å². The summed E-state index contributed by atoms with van der Waals surface area (Å²) in [5.41, 5.74) is -0.0507. The van der Waals surface area contributed by atoms with Gasteiger partial charge in [0.1, 0.15) is 29.2 Å². The van der Waals surface area contributed by atoms with E-state index < -0.39 is 11.8 Å². The van der Waals surface area contributed by atoms with Crippen LogP contribution in [0.25, 0.3) is 11.0 Å². The Morgan fingerprint density at radius 1 is 1.12 bits per heavy atom. The molecule has 0 fully saturated rings. The number of benzene rings is 2. The zero-order valence-electron chi connectivity index (χ0n) is 13.6. The Balaban J connectivity index is 1.76. The van der Waals surface area contributed by atoms with Crippen LogP contribution in [0, 0.1) is 5.82 Å². The minimum atomic E-state index is -0.883. The number of carboxylic acid groups (broad SMARTS) is 1. The molecule has 6 nitrogen and oxygen atoms in total. The molecule has 0 atom stereocenters. The standard InChI is InChI=1S/C19H15FO6/c20-12-3-5-13(6-4-12)26-17-11-25-16-10-14(7-8-15(16)19(17)23)24-9-1-2-18(21)22/h3-8,10-11H,1-2,9H2,(H,21,22). The predicted molar refractivity (Wildman–Crippen MR) is 91.3 cm³/mol. The van der Waals surface area contributed by atoms with Crippen LogP contribution in [-0.4, -0.2) is 17.7 Å². The van der Waals surface area contributed by atoms with Crippen LogP contribution in [0.3, 0.4) is 0 Å².